The number of carbonyl (C=O) groups is 2. The second kappa shape index (κ2) is 9.98. The molecule has 1 aromatic rings. The Kier molecular flexibility index (Phi) is 7.39. The molecule has 2 N–H and O–H groups in total. The summed E-state index contributed by atoms with van der Waals surface area (Å²) in [7, 11) is 1.57. The van der Waals surface area contributed by atoms with Gasteiger partial charge in [-0.15, -0.1) is 0 Å². The highest BCUT2D eigenvalue weighted by molar-refractivity contribution is 5.76. The maximum absolute atomic E-state index is 14.8. The maximum Gasteiger partial charge on any atom is 0.219 e. The van der Waals surface area contributed by atoms with E-state index < -0.39 is 5.92 Å². The molecule has 0 aromatic heterocycles. The van der Waals surface area contributed by atoms with Crippen LogP contribution in [0.4, 0.5) is 10.1 Å². The highest BCUT2D eigenvalue weighted by Gasteiger charge is 2.26. The summed E-state index contributed by atoms with van der Waals surface area (Å²) >= 11 is 0. The molecule has 6 nitrogen and oxygen atoms in total. The first kappa shape index (κ1) is 20.7. The number of carbonyl (C=O) groups excluding carboxylic acids is 2. The summed E-state index contributed by atoms with van der Waals surface area (Å²) in [6.45, 7) is 5.70. The third-order valence-corrected chi connectivity index (χ3v) is 6.01. The average molecular weight is 391 g/mol. The molecule has 0 saturated carbocycles. The Labute approximate surface area is 166 Å². The summed E-state index contributed by atoms with van der Waals surface area (Å²) < 4.78 is 14.8. The number of aldehydes is 1. The molecule has 0 radical (unpaired) electrons. The van der Waals surface area contributed by atoms with Crippen molar-refractivity contribution in [2.75, 3.05) is 51.2 Å². The van der Waals surface area contributed by atoms with E-state index in [1.54, 1.807) is 13.1 Å². The van der Waals surface area contributed by atoms with Gasteiger partial charge >= 0.3 is 0 Å². The van der Waals surface area contributed by atoms with Crippen LogP contribution >= 0.6 is 0 Å². The Morgan fingerprint density at radius 1 is 1.29 bits per heavy atom. The molecule has 28 heavy (non-hydrogen) atoms. The molecular formula is C21H31FN4O2. The summed E-state index contributed by atoms with van der Waals surface area (Å²) in [5.74, 6) is -0.868. The zero-order valence-electron chi connectivity index (χ0n) is 16.6. The number of benzene rings is 1. The van der Waals surface area contributed by atoms with Gasteiger partial charge in [0.2, 0.25) is 5.91 Å². The number of rotatable bonds is 7. The van der Waals surface area contributed by atoms with Crippen molar-refractivity contribution in [3.05, 3.63) is 29.6 Å². The average Bonchev–Trinajstić information content (AvgIpc) is 2.75. The summed E-state index contributed by atoms with van der Waals surface area (Å²) in [6, 6.07) is 5.70. The van der Waals surface area contributed by atoms with Crippen molar-refractivity contribution >= 4 is 17.9 Å². The van der Waals surface area contributed by atoms with Gasteiger partial charge in [0.05, 0.1) is 5.69 Å². The van der Waals surface area contributed by atoms with Crippen LogP contribution in [-0.2, 0) is 9.59 Å². The fourth-order valence-corrected chi connectivity index (χ4v) is 4.23. The van der Waals surface area contributed by atoms with Gasteiger partial charge in [0.1, 0.15) is 12.1 Å². The van der Waals surface area contributed by atoms with Crippen LogP contribution < -0.4 is 15.5 Å². The van der Waals surface area contributed by atoms with Gasteiger partial charge in [0, 0.05) is 51.6 Å². The van der Waals surface area contributed by atoms with Crippen molar-refractivity contribution < 1.29 is 14.0 Å². The molecule has 1 amide bonds. The van der Waals surface area contributed by atoms with Crippen molar-refractivity contribution in [3.8, 4) is 0 Å². The largest absolute Gasteiger partial charge is 0.367 e. The fraction of sp³-hybridized carbons (Fsp3) is 0.619. The Hall–Kier alpha value is -1.99. The minimum absolute atomic E-state index is 0.115. The molecule has 1 unspecified atom stereocenters. The smallest absolute Gasteiger partial charge is 0.219 e. The zero-order valence-corrected chi connectivity index (χ0v) is 16.6. The van der Waals surface area contributed by atoms with Crippen LogP contribution in [0.1, 0.15) is 37.2 Å². The van der Waals surface area contributed by atoms with Crippen LogP contribution in [0.2, 0.25) is 0 Å². The van der Waals surface area contributed by atoms with E-state index in [-0.39, 0.29) is 18.1 Å². The molecule has 2 heterocycles. The summed E-state index contributed by atoms with van der Waals surface area (Å²) in [4.78, 5) is 27.5. The number of piperazine rings is 1. The van der Waals surface area contributed by atoms with E-state index in [1.165, 1.54) is 18.9 Å². The second-order valence-electron chi connectivity index (χ2n) is 7.67. The van der Waals surface area contributed by atoms with Crippen molar-refractivity contribution in [2.24, 2.45) is 0 Å². The number of nitrogens with zero attached hydrogens (tertiary/aromatic N) is 2. The molecule has 7 heteroatoms. The van der Waals surface area contributed by atoms with E-state index in [2.05, 4.69) is 20.4 Å². The standard InChI is InChI=1S/C21H31FN4O2/c1-23-21(28)5-3-17(15-27)16-2-4-20(19(22)14-16)26-12-10-25(11-13-26)18-6-8-24-9-7-18/h2,4,14-15,17-18,24H,3,5-13H2,1H3,(H,23,28). The monoisotopic (exact) mass is 390 g/mol. The Bertz CT molecular complexity index is 670. The highest BCUT2D eigenvalue weighted by atomic mass is 19.1. The van der Waals surface area contributed by atoms with Crippen LogP contribution in [-0.4, -0.2) is 69.5 Å². The molecule has 154 valence electrons. The molecule has 1 aromatic carbocycles. The first-order chi connectivity index (χ1) is 13.6. The van der Waals surface area contributed by atoms with E-state index in [4.69, 9.17) is 0 Å². The molecule has 0 spiro atoms. The molecule has 0 bridgehead atoms. The lowest BCUT2D eigenvalue weighted by Gasteiger charge is -2.41. The second-order valence-corrected chi connectivity index (χ2v) is 7.67. The maximum atomic E-state index is 14.8. The topological polar surface area (TPSA) is 64.7 Å². The zero-order chi connectivity index (χ0) is 19.9. The molecule has 0 aliphatic carbocycles. The molecule has 2 aliphatic heterocycles. The molecular weight excluding hydrogens is 359 g/mol. The Morgan fingerprint density at radius 2 is 2.00 bits per heavy atom. The summed E-state index contributed by atoms with van der Waals surface area (Å²) in [5.41, 5.74) is 1.23. The lowest BCUT2D eigenvalue weighted by Crippen LogP contribution is -2.53. The lowest BCUT2D eigenvalue weighted by molar-refractivity contribution is -0.120. The quantitative estimate of drug-likeness (QED) is 0.691. The Morgan fingerprint density at radius 3 is 2.61 bits per heavy atom. The van der Waals surface area contributed by atoms with Crippen molar-refractivity contribution in [3.63, 3.8) is 0 Å². The van der Waals surface area contributed by atoms with Gasteiger partial charge in [-0.2, -0.15) is 0 Å². The van der Waals surface area contributed by atoms with Crippen LogP contribution in [0.5, 0.6) is 0 Å². The number of nitrogens with one attached hydrogen (secondary N) is 2. The van der Waals surface area contributed by atoms with Crippen LogP contribution in [0, 0.1) is 5.82 Å². The summed E-state index contributed by atoms with van der Waals surface area (Å²) in [6.07, 6.45) is 3.81. The number of hydrogen-bond acceptors (Lipinski definition) is 5. The van der Waals surface area contributed by atoms with Crippen molar-refractivity contribution in [2.45, 2.75) is 37.6 Å². The lowest BCUT2D eigenvalue weighted by atomic mass is 9.95. The minimum atomic E-state index is -0.461. The minimum Gasteiger partial charge on any atom is -0.367 e. The normalized spacial score (nSPS) is 20.0. The Balaban J connectivity index is 1.59. The van der Waals surface area contributed by atoms with Gasteiger partial charge in [0.25, 0.3) is 0 Å². The van der Waals surface area contributed by atoms with Crippen LogP contribution in [0.25, 0.3) is 0 Å². The summed E-state index contributed by atoms with van der Waals surface area (Å²) in [5, 5.41) is 5.94. The number of amides is 1. The van der Waals surface area contributed by atoms with Crippen molar-refractivity contribution in [1.29, 1.82) is 0 Å². The van der Waals surface area contributed by atoms with Gasteiger partial charge in [-0.1, -0.05) is 6.07 Å². The fourth-order valence-electron chi connectivity index (χ4n) is 4.23. The molecule has 3 rings (SSSR count). The molecule has 1 atom stereocenters. The van der Waals surface area contributed by atoms with Crippen molar-refractivity contribution in [1.82, 2.24) is 15.5 Å². The predicted molar refractivity (Wildman–Crippen MR) is 108 cm³/mol. The number of piperidine rings is 1. The third kappa shape index (κ3) is 5.08. The molecule has 2 aliphatic rings. The van der Waals surface area contributed by atoms with Gasteiger partial charge in [-0.3, -0.25) is 9.69 Å². The van der Waals surface area contributed by atoms with E-state index in [0.29, 0.717) is 23.7 Å². The predicted octanol–water partition coefficient (Wildman–Crippen LogP) is 1.51. The number of hydrogen-bond donors (Lipinski definition) is 2. The van der Waals surface area contributed by atoms with Gasteiger partial charge in [-0.05, 0) is 50.0 Å². The number of anilines is 1. The SMILES string of the molecule is CNC(=O)CCC(C=O)c1ccc(N2CCN(C3CCNCC3)CC2)c(F)c1. The van der Waals surface area contributed by atoms with E-state index >= 15 is 0 Å². The van der Waals surface area contributed by atoms with E-state index in [1.807, 2.05) is 6.07 Å². The van der Waals surface area contributed by atoms with Crippen LogP contribution in [0.3, 0.4) is 0 Å². The highest BCUT2D eigenvalue weighted by Crippen LogP contribution is 2.27. The molecule has 2 fully saturated rings. The van der Waals surface area contributed by atoms with Gasteiger partial charge < -0.3 is 20.3 Å². The first-order valence-electron chi connectivity index (χ1n) is 10.3. The molecule has 2 saturated heterocycles. The van der Waals surface area contributed by atoms with Gasteiger partial charge in [-0.25, -0.2) is 4.39 Å². The first-order valence-corrected chi connectivity index (χ1v) is 10.3. The van der Waals surface area contributed by atoms with E-state index in [9.17, 15) is 14.0 Å². The van der Waals surface area contributed by atoms with Gasteiger partial charge in [0.15, 0.2) is 0 Å². The number of halogens is 1. The third-order valence-electron chi connectivity index (χ3n) is 6.01. The van der Waals surface area contributed by atoms with Crippen LogP contribution in [0.15, 0.2) is 18.2 Å². The van der Waals surface area contributed by atoms with E-state index in [0.717, 1.165) is 45.6 Å².